The van der Waals surface area contributed by atoms with Gasteiger partial charge in [-0.1, -0.05) is 26.8 Å². The standard InChI is InChI=1S/C17H26N2O2/c1-12-5-10-15(19(20)21)11-16(12)18-14-8-6-13(7-9-14)17(2,3)4/h5,10-11,13-14,18H,6-9H2,1-4H3. The molecule has 1 aromatic carbocycles. The quantitative estimate of drug-likeness (QED) is 0.635. The van der Waals surface area contributed by atoms with Crippen molar-refractivity contribution >= 4 is 11.4 Å². The van der Waals surface area contributed by atoms with Crippen molar-refractivity contribution in [3.05, 3.63) is 33.9 Å². The number of benzene rings is 1. The first kappa shape index (κ1) is 15.8. The number of nitro groups is 1. The Labute approximate surface area is 127 Å². The maximum Gasteiger partial charge on any atom is 0.271 e. The normalized spacial score (nSPS) is 22.9. The molecule has 0 saturated heterocycles. The molecule has 0 radical (unpaired) electrons. The molecule has 1 aliphatic rings. The molecule has 1 saturated carbocycles. The zero-order valence-corrected chi connectivity index (χ0v) is 13.5. The van der Waals surface area contributed by atoms with Gasteiger partial charge in [-0.2, -0.15) is 0 Å². The van der Waals surface area contributed by atoms with E-state index in [-0.39, 0.29) is 10.6 Å². The Balaban J connectivity index is 2.01. The second-order valence-electron chi connectivity index (χ2n) is 7.32. The van der Waals surface area contributed by atoms with Crippen LogP contribution in [0.15, 0.2) is 18.2 Å². The van der Waals surface area contributed by atoms with Crippen molar-refractivity contribution in [2.45, 2.75) is 59.4 Å². The minimum absolute atomic E-state index is 0.159. The van der Waals surface area contributed by atoms with Crippen molar-refractivity contribution in [1.29, 1.82) is 0 Å². The fraction of sp³-hybridized carbons (Fsp3) is 0.647. The van der Waals surface area contributed by atoms with Crippen LogP contribution in [0.4, 0.5) is 11.4 Å². The molecule has 1 aromatic rings. The molecule has 0 aromatic heterocycles. The molecule has 0 heterocycles. The van der Waals surface area contributed by atoms with Crippen molar-refractivity contribution in [1.82, 2.24) is 0 Å². The lowest BCUT2D eigenvalue weighted by molar-refractivity contribution is -0.384. The van der Waals surface area contributed by atoms with E-state index in [0.717, 1.165) is 30.0 Å². The fourth-order valence-corrected chi connectivity index (χ4v) is 3.20. The average Bonchev–Trinajstić information content (AvgIpc) is 2.40. The molecule has 0 amide bonds. The van der Waals surface area contributed by atoms with Crippen LogP contribution >= 0.6 is 0 Å². The Morgan fingerprint density at radius 3 is 2.33 bits per heavy atom. The van der Waals surface area contributed by atoms with Crippen molar-refractivity contribution in [2.24, 2.45) is 11.3 Å². The van der Waals surface area contributed by atoms with E-state index in [0.29, 0.717) is 11.5 Å². The van der Waals surface area contributed by atoms with Gasteiger partial charge in [0.1, 0.15) is 0 Å². The number of nitrogens with zero attached hydrogens (tertiary/aromatic N) is 1. The minimum Gasteiger partial charge on any atom is -0.382 e. The Bertz CT molecular complexity index is 512. The van der Waals surface area contributed by atoms with Crippen LogP contribution < -0.4 is 5.32 Å². The summed E-state index contributed by atoms with van der Waals surface area (Å²) in [5.41, 5.74) is 2.51. The SMILES string of the molecule is Cc1ccc([N+](=O)[O-])cc1NC1CCC(C(C)(C)C)CC1. The predicted molar refractivity (Wildman–Crippen MR) is 86.7 cm³/mol. The van der Waals surface area contributed by atoms with E-state index in [4.69, 9.17) is 0 Å². The number of anilines is 1. The number of nitrogens with one attached hydrogen (secondary N) is 1. The Morgan fingerprint density at radius 1 is 1.19 bits per heavy atom. The van der Waals surface area contributed by atoms with Crippen molar-refractivity contribution < 1.29 is 4.92 Å². The summed E-state index contributed by atoms with van der Waals surface area (Å²) in [5, 5.41) is 14.4. The van der Waals surface area contributed by atoms with Gasteiger partial charge in [-0.05, 0) is 49.5 Å². The first-order chi connectivity index (χ1) is 9.77. The topological polar surface area (TPSA) is 55.2 Å². The van der Waals surface area contributed by atoms with Gasteiger partial charge in [0.25, 0.3) is 5.69 Å². The summed E-state index contributed by atoms with van der Waals surface area (Å²) in [4.78, 5) is 10.6. The highest BCUT2D eigenvalue weighted by molar-refractivity contribution is 5.57. The van der Waals surface area contributed by atoms with E-state index < -0.39 is 0 Å². The van der Waals surface area contributed by atoms with E-state index in [1.54, 1.807) is 12.1 Å². The summed E-state index contributed by atoms with van der Waals surface area (Å²) >= 11 is 0. The zero-order chi connectivity index (χ0) is 15.6. The molecular weight excluding hydrogens is 264 g/mol. The molecule has 4 heteroatoms. The summed E-state index contributed by atoms with van der Waals surface area (Å²) in [6.45, 7) is 8.94. The van der Waals surface area contributed by atoms with E-state index in [1.807, 2.05) is 13.0 Å². The highest BCUT2D eigenvalue weighted by atomic mass is 16.6. The number of nitro benzene ring substituents is 1. The number of hydrogen-bond acceptors (Lipinski definition) is 3. The average molecular weight is 290 g/mol. The summed E-state index contributed by atoms with van der Waals surface area (Å²) in [6, 6.07) is 5.48. The van der Waals surface area contributed by atoms with Gasteiger partial charge in [-0.3, -0.25) is 10.1 Å². The van der Waals surface area contributed by atoms with Crippen molar-refractivity contribution in [3.63, 3.8) is 0 Å². The van der Waals surface area contributed by atoms with Gasteiger partial charge in [0.15, 0.2) is 0 Å². The molecule has 1 fully saturated rings. The van der Waals surface area contributed by atoms with Gasteiger partial charge in [0.05, 0.1) is 4.92 Å². The molecule has 0 unspecified atom stereocenters. The van der Waals surface area contributed by atoms with Crippen LogP contribution in [-0.2, 0) is 0 Å². The molecule has 2 rings (SSSR count). The third-order valence-electron chi connectivity index (χ3n) is 4.74. The molecule has 21 heavy (non-hydrogen) atoms. The van der Waals surface area contributed by atoms with Crippen LogP contribution in [-0.4, -0.2) is 11.0 Å². The second-order valence-corrected chi connectivity index (χ2v) is 7.32. The molecule has 116 valence electrons. The lowest BCUT2D eigenvalue weighted by Crippen LogP contribution is -2.31. The minimum atomic E-state index is -0.332. The lowest BCUT2D eigenvalue weighted by atomic mass is 9.71. The monoisotopic (exact) mass is 290 g/mol. The lowest BCUT2D eigenvalue weighted by Gasteiger charge is -2.37. The summed E-state index contributed by atoms with van der Waals surface area (Å²) < 4.78 is 0. The molecule has 0 bridgehead atoms. The van der Waals surface area contributed by atoms with Gasteiger partial charge in [0, 0.05) is 23.9 Å². The smallest absolute Gasteiger partial charge is 0.271 e. The largest absolute Gasteiger partial charge is 0.382 e. The van der Waals surface area contributed by atoms with Gasteiger partial charge in [-0.25, -0.2) is 0 Å². The third-order valence-corrected chi connectivity index (χ3v) is 4.74. The van der Waals surface area contributed by atoms with Crippen LogP contribution in [0.2, 0.25) is 0 Å². The molecule has 0 spiro atoms. The van der Waals surface area contributed by atoms with Gasteiger partial charge in [0.2, 0.25) is 0 Å². The summed E-state index contributed by atoms with van der Waals surface area (Å²) in [7, 11) is 0. The Hall–Kier alpha value is -1.58. The molecule has 0 atom stereocenters. The number of hydrogen-bond donors (Lipinski definition) is 1. The molecule has 0 aliphatic heterocycles. The molecule has 4 nitrogen and oxygen atoms in total. The predicted octanol–water partition coefficient (Wildman–Crippen LogP) is 4.92. The number of rotatable bonds is 3. The second kappa shape index (κ2) is 6.04. The first-order valence-electron chi connectivity index (χ1n) is 7.79. The maximum absolute atomic E-state index is 10.9. The summed E-state index contributed by atoms with van der Waals surface area (Å²) in [5.74, 6) is 0.779. The number of aryl methyl sites for hydroxylation is 1. The fourth-order valence-electron chi connectivity index (χ4n) is 3.20. The van der Waals surface area contributed by atoms with Crippen LogP contribution in [0, 0.1) is 28.4 Å². The van der Waals surface area contributed by atoms with Crippen LogP contribution in [0.25, 0.3) is 0 Å². The zero-order valence-electron chi connectivity index (χ0n) is 13.5. The van der Waals surface area contributed by atoms with Gasteiger partial charge < -0.3 is 5.32 Å². The highest BCUT2D eigenvalue weighted by Crippen LogP contribution is 2.38. The Morgan fingerprint density at radius 2 is 1.81 bits per heavy atom. The first-order valence-corrected chi connectivity index (χ1v) is 7.79. The van der Waals surface area contributed by atoms with Crippen LogP contribution in [0.5, 0.6) is 0 Å². The van der Waals surface area contributed by atoms with E-state index in [2.05, 4.69) is 26.1 Å². The molecular formula is C17H26N2O2. The van der Waals surface area contributed by atoms with Crippen molar-refractivity contribution in [2.75, 3.05) is 5.32 Å². The van der Waals surface area contributed by atoms with E-state index >= 15 is 0 Å². The Kier molecular flexibility index (Phi) is 4.55. The maximum atomic E-state index is 10.9. The molecule has 1 N–H and O–H groups in total. The molecule has 1 aliphatic carbocycles. The van der Waals surface area contributed by atoms with Crippen LogP contribution in [0.1, 0.15) is 52.0 Å². The third kappa shape index (κ3) is 3.96. The van der Waals surface area contributed by atoms with Gasteiger partial charge >= 0.3 is 0 Å². The van der Waals surface area contributed by atoms with Crippen molar-refractivity contribution in [3.8, 4) is 0 Å². The van der Waals surface area contributed by atoms with E-state index in [9.17, 15) is 10.1 Å². The van der Waals surface area contributed by atoms with Crippen LogP contribution in [0.3, 0.4) is 0 Å². The summed E-state index contributed by atoms with van der Waals surface area (Å²) in [6.07, 6.45) is 4.75. The van der Waals surface area contributed by atoms with E-state index in [1.165, 1.54) is 12.8 Å². The number of non-ortho nitro benzene ring substituents is 1. The van der Waals surface area contributed by atoms with Gasteiger partial charge in [-0.15, -0.1) is 0 Å². The highest BCUT2D eigenvalue weighted by Gasteiger charge is 2.29.